The zero-order valence-corrected chi connectivity index (χ0v) is 11.7. The zero-order chi connectivity index (χ0) is 14.1. The SMILES string of the molecule is CC.CC.O=[N+]([O-])c1cccc(S(=O)(=O)Cl)c1. The van der Waals surface area contributed by atoms with Gasteiger partial charge in [0.2, 0.25) is 0 Å². The van der Waals surface area contributed by atoms with E-state index < -0.39 is 14.0 Å². The fraction of sp³-hybridized carbons (Fsp3) is 0.400. The third-order valence-electron chi connectivity index (χ3n) is 1.31. The highest BCUT2D eigenvalue weighted by Crippen LogP contribution is 2.19. The molecule has 0 spiro atoms. The normalized spacial score (nSPS) is 9.24. The van der Waals surface area contributed by atoms with Gasteiger partial charge in [0, 0.05) is 22.8 Å². The highest BCUT2D eigenvalue weighted by molar-refractivity contribution is 8.13. The van der Waals surface area contributed by atoms with Gasteiger partial charge in [-0.1, -0.05) is 33.8 Å². The molecule has 1 rings (SSSR count). The number of nitro benzene ring substituents is 1. The molecule has 0 aliphatic heterocycles. The van der Waals surface area contributed by atoms with Gasteiger partial charge >= 0.3 is 0 Å². The van der Waals surface area contributed by atoms with Crippen LogP contribution in [0, 0.1) is 10.1 Å². The zero-order valence-electron chi connectivity index (χ0n) is 10.2. The van der Waals surface area contributed by atoms with Gasteiger partial charge in [-0.05, 0) is 6.07 Å². The van der Waals surface area contributed by atoms with Crippen molar-refractivity contribution >= 4 is 25.4 Å². The van der Waals surface area contributed by atoms with E-state index in [1.807, 2.05) is 27.7 Å². The summed E-state index contributed by atoms with van der Waals surface area (Å²) in [5, 5.41) is 10.2. The van der Waals surface area contributed by atoms with Crippen LogP contribution < -0.4 is 0 Å². The molecule has 0 aliphatic carbocycles. The standard InChI is InChI=1S/C6H4ClNO4S.2C2H6/c7-13(11,12)6-3-1-2-5(4-6)8(9)10;2*1-2/h1-4H;2*1-2H3. The molecule has 0 bridgehead atoms. The van der Waals surface area contributed by atoms with Crippen LogP contribution in [0.5, 0.6) is 0 Å². The van der Waals surface area contributed by atoms with Gasteiger partial charge in [0.1, 0.15) is 0 Å². The van der Waals surface area contributed by atoms with Crippen molar-refractivity contribution in [2.24, 2.45) is 0 Å². The van der Waals surface area contributed by atoms with Crippen molar-refractivity contribution in [1.29, 1.82) is 0 Å². The van der Waals surface area contributed by atoms with E-state index in [-0.39, 0.29) is 10.6 Å². The summed E-state index contributed by atoms with van der Waals surface area (Å²) in [6, 6.07) is 4.54. The second-order valence-corrected chi connectivity index (χ2v) is 4.76. The molecular weight excluding hydrogens is 266 g/mol. The van der Waals surface area contributed by atoms with Gasteiger partial charge in [-0.15, -0.1) is 0 Å². The molecule has 5 nitrogen and oxygen atoms in total. The molecule has 0 saturated heterocycles. The molecule has 0 heterocycles. The fourth-order valence-corrected chi connectivity index (χ4v) is 1.54. The number of halogens is 1. The molecule has 1 aromatic carbocycles. The van der Waals surface area contributed by atoms with E-state index in [9.17, 15) is 18.5 Å². The Hall–Kier alpha value is -1.14. The third-order valence-corrected chi connectivity index (χ3v) is 2.66. The molecule has 0 radical (unpaired) electrons. The first kappa shape index (κ1) is 18.2. The molecule has 98 valence electrons. The van der Waals surface area contributed by atoms with Gasteiger partial charge in [-0.2, -0.15) is 0 Å². The first-order chi connectivity index (χ1) is 7.91. The Labute approximate surface area is 106 Å². The molecule has 0 saturated carbocycles. The van der Waals surface area contributed by atoms with Gasteiger partial charge in [0.25, 0.3) is 14.7 Å². The summed E-state index contributed by atoms with van der Waals surface area (Å²) >= 11 is 0. The molecule has 0 aromatic heterocycles. The first-order valence-electron chi connectivity index (χ1n) is 5.10. The minimum absolute atomic E-state index is 0.275. The van der Waals surface area contributed by atoms with E-state index in [4.69, 9.17) is 10.7 Å². The van der Waals surface area contributed by atoms with E-state index in [0.717, 1.165) is 6.07 Å². The summed E-state index contributed by atoms with van der Waals surface area (Å²) in [4.78, 5) is 9.28. The monoisotopic (exact) mass is 281 g/mol. The average molecular weight is 282 g/mol. The minimum atomic E-state index is -3.89. The Kier molecular flexibility index (Phi) is 9.60. The van der Waals surface area contributed by atoms with Crippen LogP contribution in [0.15, 0.2) is 29.2 Å². The van der Waals surface area contributed by atoms with E-state index in [1.54, 1.807) is 0 Å². The van der Waals surface area contributed by atoms with Crippen molar-refractivity contribution in [2.45, 2.75) is 32.6 Å². The van der Waals surface area contributed by atoms with Crippen molar-refractivity contribution in [3.8, 4) is 0 Å². The summed E-state index contributed by atoms with van der Waals surface area (Å²) in [7, 11) is 1.09. The highest BCUT2D eigenvalue weighted by atomic mass is 35.7. The van der Waals surface area contributed by atoms with Crippen LogP contribution in [0.25, 0.3) is 0 Å². The second kappa shape index (κ2) is 8.95. The van der Waals surface area contributed by atoms with Crippen molar-refractivity contribution in [3.05, 3.63) is 34.4 Å². The number of nitro groups is 1. The van der Waals surface area contributed by atoms with Crippen molar-refractivity contribution in [1.82, 2.24) is 0 Å². The third kappa shape index (κ3) is 6.91. The number of nitrogens with zero attached hydrogens (tertiary/aromatic N) is 1. The lowest BCUT2D eigenvalue weighted by atomic mass is 10.3. The Bertz CT molecular complexity index is 445. The maximum Gasteiger partial charge on any atom is 0.270 e. The molecule has 0 unspecified atom stereocenters. The smallest absolute Gasteiger partial charge is 0.258 e. The predicted octanol–water partition coefficient (Wildman–Crippen LogP) is 3.57. The molecule has 1 aromatic rings. The molecule has 17 heavy (non-hydrogen) atoms. The van der Waals surface area contributed by atoms with Crippen LogP contribution in [0.4, 0.5) is 5.69 Å². The van der Waals surface area contributed by atoms with Crippen LogP contribution in [-0.2, 0) is 9.05 Å². The van der Waals surface area contributed by atoms with Crippen molar-refractivity contribution < 1.29 is 13.3 Å². The number of non-ortho nitro benzene ring substituents is 1. The molecule has 0 amide bonds. The number of hydrogen-bond acceptors (Lipinski definition) is 4. The number of benzene rings is 1. The van der Waals surface area contributed by atoms with Crippen LogP contribution in [0.2, 0.25) is 0 Å². The van der Waals surface area contributed by atoms with Crippen molar-refractivity contribution in [3.63, 3.8) is 0 Å². The molecule has 0 fully saturated rings. The van der Waals surface area contributed by atoms with Gasteiger partial charge < -0.3 is 0 Å². The number of rotatable bonds is 2. The quantitative estimate of drug-likeness (QED) is 0.471. The molecule has 7 heteroatoms. The van der Waals surface area contributed by atoms with E-state index in [2.05, 4.69) is 0 Å². The average Bonchev–Trinajstić information content (AvgIpc) is 2.33. The molecule has 0 atom stereocenters. The Morgan fingerprint density at radius 1 is 1.18 bits per heavy atom. The summed E-state index contributed by atoms with van der Waals surface area (Å²) < 4.78 is 21.5. The summed E-state index contributed by atoms with van der Waals surface area (Å²) in [6.45, 7) is 8.00. The van der Waals surface area contributed by atoms with Crippen LogP contribution in [0.1, 0.15) is 27.7 Å². The predicted molar refractivity (Wildman–Crippen MR) is 68.8 cm³/mol. The molecule has 0 N–H and O–H groups in total. The summed E-state index contributed by atoms with van der Waals surface area (Å²) in [5.74, 6) is 0. The van der Waals surface area contributed by atoms with Crippen LogP contribution in [0.3, 0.4) is 0 Å². The number of hydrogen-bond donors (Lipinski definition) is 0. The Morgan fingerprint density at radius 3 is 2.00 bits per heavy atom. The van der Waals surface area contributed by atoms with Crippen LogP contribution >= 0.6 is 10.7 Å². The van der Waals surface area contributed by atoms with E-state index in [0.29, 0.717) is 0 Å². The summed E-state index contributed by atoms with van der Waals surface area (Å²) in [5.41, 5.74) is -0.304. The Morgan fingerprint density at radius 2 is 1.65 bits per heavy atom. The maximum atomic E-state index is 10.8. The molecular formula is C10H16ClNO4S. The van der Waals surface area contributed by atoms with Crippen molar-refractivity contribution in [2.75, 3.05) is 0 Å². The van der Waals surface area contributed by atoms with Gasteiger partial charge in [0.15, 0.2) is 0 Å². The topological polar surface area (TPSA) is 77.3 Å². The van der Waals surface area contributed by atoms with E-state index >= 15 is 0 Å². The minimum Gasteiger partial charge on any atom is -0.258 e. The lowest BCUT2D eigenvalue weighted by molar-refractivity contribution is -0.385. The Balaban J connectivity index is 0. The second-order valence-electron chi connectivity index (χ2n) is 2.19. The lowest BCUT2D eigenvalue weighted by Gasteiger charge is -1.94. The first-order valence-corrected chi connectivity index (χ1v) is 7.41. The van der Waals surface area contributed by atoms with Gasteiger partial charge in [-0.25, -0.2) is 8.42 Å². The van der Waals surface area contributed by atoms with Gasteiger partial charge in [-0.3, -0.25) is 10.1 Å². The maximum absolute atomic E-state index is 10.8. The lowest BCUT2D eigenvalue weighted by Crippen LogP contribution is -1.93. The van der Waals surface area contributed by atoms with E-state index in [1.165, 1.54) is 18.2 Å². The highest BCUT2D eigenvalue weighted by Gasteiger charge is 2.13. The largest absolute Gasteiger partial charge is 0.270 e. The fourth-order valence-electron chi connectivity index (χ4n) is 0.749. The van der Waals surface area contributed by atoms with Gasteiger partial charge in [0.05, 0.1) is 9.82 Å². The summed E-state index contributed by atoms with van der Waals surface area (Å²) in [6.07, 6.45) is 0. The van der Waals surface area contributed by atoms with Crippen LogP contribution in [-0.4, -0.2) is 13.3 Å². The molecule has 0 aliphatic rings.